The SMILES string of the molecule is CCN(CCCBr)C(=O)c1cc(Cl)ccc1Cl. The summed E-state index contributed by atoms with van der Waals surface area (Å²) < 4.78 is 0. The van der Waals surface area contributed by atoms with Crippen LogP contribution in [0.2, 0.25) is 10.0 Å². The standard InChI is InChI=1S/C12H14BrCl2NO/c1-2-16(7-3-6-13)12(17)10-8-9(14)4-5-11(10)15/h4-5,8H,2-3,6-7H2,1H3. The molecule has 0 atom stereocenters. The number of alkyl halides is 1. The third kappa shape index (κ3) is 4.16. The highest BCUT2D eigenvalue weighted by Crippen LogP contribution is 2.22. The molecule has 1 amide bonds. The summed E-state index contributed by atoms with van der Waals surface area (Å²) in [6.45, 7) is 3.32. The van der Waals surface area contributed by atoms with Crippen LogP contribution in [0.5, 0.6) is 0 Å². The maximum atomic E-state index is 12.2. The van der Waals surface area contributed by atoms with Crippen molar-refractivity contribution in [3.63, 3.8) is 0 Å². The first-order chi connectivity index (χ1) is 8.10. The number of hydrogen-bond acceptors (Lipinski definition) is 1. The van der Waals surface area contributed by atoms with E-state index in [0.717, 1.165) is 11.8 Å². The fourth-order valence-corrected chi connectivity index (χ4v) is 2.11. The second-order valence-corrected chi connectivity index (χ2v) is 5.19. The van der Waals surface area contributed by atoms with Crippen LogP contribution in [0.25, 0.3) is 0 Å². The second-order valence-electron chi connectivity index (χ2n) is 3.55. The van der Waals surface area contributed by atoms with E-state index in [2.05, 4.69) is 15.9 Å². The smallest absolute Gasteiger partial charge is 0.255 e. The molecule has 0 heterocycles. The molecule has 0 unspecified atom stereocenters. The Balaban J connectivity index is 2.89. The summed E-state index contributed by atoms with van der Waals surface area (Å²) >= 11 is 15.2. The quantitative estimate of drug-likeness (QED) is 0.735. The molecule has 0 aromatic heterocycles. The van der Waals surface area contributed by atoms with Crippen molar-refractivity contribution in [1.29, 1.82) is 0 Å². The van der Waals surface area contributed by atoms with Gasteiger partial charge in [0.05, 0.1) is 10.6 Å². The number of benzene rings is 1. The second kappa shape index (κ2) is 7.24. The summed E-state index contributed by atoms with van der Waals surface area (Å²) in [5.74, 6) is -0.0686. The first-order valence-corrected chi connectivity index (χ1v) is 7.28. The topological polar surface area (TPSA) is 20.3 Å². The highest BCUT2D eigenvalue weighted by atomic mass is 79.9. The van der Waals surface area contributed by atoms with Gasteiger partial charge in [0.15, 0.2) is 0 Å². The molecule has 0 radical (unpaired) electrons. The Kier molecular flexibility index (Phi) is 6.31. The average Bonchev–Trinajstić information content (AvgIpc) is 2.33. The lowest BCUT2D eigenvalue weighted by molar-refractivity contribution is 0.0765. The van der Waals surface area contributed by atoms with Gasteiger partial charge < -0.3 is 4.90 Å². The number of carbonyl (C=O) groups excluding carboxylic acids is 1. The van der Waals surface area contributed by atoms with Crippen LogP contribution in [0.3, 0.4) is 0 Å². The fourth-order valence-electron chi connectivity index (χ4n) is 1.49. The van der Waals surface area contributed by atoms with Crippen LogP contribution in [0.4, 0.5) is 0 Å². The van der Waals surface area contributed by atoms with Crippen molar-refractivity contribution in [2.75, 3.05) is 18.4 Å². The lowest BCUT2D eigenvalue weighted by Gasteiger charge is -2.21. The molecule has 0 bridgehead atoms. The minimum atomic E-state index is -0.0686. The van der Waals surface area contributed by atoms with Gasteiger partial charge in [0, 0.05) is 23.4 Å². The summed E-state index contributed by atoms with van der Waals surface area (Å²) in [5.41, 5.74) is 0.468. The van der Waals surface area contributed by atoms with Gasteiger partial charge >= 0.3 is 0 Å². The summed E-state index contributed by atoms with van der Waals surface area (Å²) in [6.07, 6.45) is 0.914. The van der Waals surface area contributed by atoms with Gasteiger partial charge in [-0.1, -0.05) is 39.1 Å². The number of amides is 1. The summed E-state index contributed by atoms with van der Waals surface area (Å²) in [4.78, 5) is 14.0. The zero-order chi connectivity index (χ0) is 12.8. The molecule has 1 rings (SSSR count). The molecule has 0 fully saturated rings. The Morgan fingerprint density at radius 1 is 1.41 bits per heavy atom. The molecular formula is C12H14BrCl2NO. The maximum absolute atomic E-state index is 12.2. The third-order valence-corrected chi connectivity index (χ3v) is 3.51. The largest absolute Gasteiger partial charge is 0.339 e. The predicted molar refractivity (Wildman–Crippen MR) is 76.5 cm³/mol. The number of hydrogen-bond donors (Lipinski definition) is 0. The van der Waals surface area contributed by atoms with Crippen molar-refractivity contribution in [2.45, 2.75) is 13.3 Å². The molecule has 0 aliphatic rings. The molecule has 94 valence electrons. The molecule has 2 nitrogen and oxygen atoms in total. The first-order valence-electron chi connectivity index (χ1n) is 5.40. The van der Waals surface area contributed by atoms with Crippen LogP contribution in [-0.2, 0) is 0 Å². The van der Waals surface area contributed by atoms with E-state index in [1.165, 1.54) is 0 Å². The van der Waals surface area contributed by atoms with Crippen molar-refractivity contribution in [3.05, 3.63) is 33.8 Å². The van der Waals surface area contributed by atoms with E-state index < -0.39 is 0 Å². The van der Waals surface area contributed by atoms with Crippen molar-refractivity contribution in [3.8, 4) is 0 Å². The van der Waals surface area contributed by atoms with E-state index in [9.17, 15) is 4.79 Å². The van der Waals surface area contributed by atoms with Gasteiger partial charge in [0.1, 0.15) is 0 Å². The normalized spacial score (nSPS) is 10.4. The highest BCUT2D eigenvalue weighted by molar-refractivity contribution is 9.09. The maximum Gasteiger partial charge on any atom is 0.255 e. The Hall–Kier alpha value is -0.250. The summed E-state index contributed by atoms with van der Waals surface area (Å²) in [7, 11) is 0. The van der Waals surface area contributed by atoms with Gasteiger partial charge in [0.25, 0.3) is 5.91 Å². The molecule has 0 saturated heterocycles. The fraction of sp³-hybridized carbons (Fsp3) is 0.417. The van der Waals surface area contributed by atoms with Crippen LogP contribution in [0.15, 0.2) is 18.2 Å². The molecule has 0 N–H and O–H groups in total. The summed E-state index contributed by atoms with van der Waals surface area (Å²) in [5, 5.41) is 1.84. The first kappa shape index (κ1) is 14.8. The number of carbonyl (C=O) groups is 1. The van der Waals surface area contributed by atoms with Crippen LogP contribution in [0.1, 0.15) is 23.7 Å². The van der Waals surface area contributed by atoms with Crippen LogP contribution < -0.4 is 0 Å². The lowest BCUT2D eigenvalue weighted by atomic mass is 10.2. The van der Waals surface area contributed by atoms with Crippen LogP contribution in [0, 0.1) is 0 Å². The highest BCUT2D eigenvalue weighted by Gasteiger charge is 2.16. The Morgan fingerprint density at radius 3 is 2.71 bits per heavy atom. The van der Waals surface area contributed by atoms with Gasteiger partial charge in [-0.15, -0.1) is 0 Å². The third-order valence-electron chi connectivity index (χ3n) is 2.39. The van der Waals surface area contributed by atoms with Gasteiger partial charge in [-0.2, -0.15) is 0 Å². The molecule has 0 aliphatic carbocycles. The van der Waals surface area contributed by atoms with E-state index >= 15 is 0 Å². The van der Waals surface area contributed by atoms with E-state index in [0.29, 0.717) is 28.7 Å². The molecule has 0 aliphatic heterocycles. The molecule has 1 aromatic rings. The van der Waals surface area contributed by atoms with Gasteiger partial charge in [-0.25, -0.2) is 0 Å². The van der Waals surface area contributed by atoms with E-state index in [1.807, 2.05) is 6.92 Å². The minimum Gasteiger partial charge on any atom is -0.339 e. The number of nitrogens with zero attached hydrogens (tertiary/aromatic N) is 1. The molecule has 17 heavy (non-hydrogen) atoms. The monoisotopic (exact) mass is 337 g/mol. The molecule has 1 aromatic carbocycles. The predicted octanol–water partition coefficient (Wildman–Crippen LogP) is 4.24. The van der Waals surface area contributed by atoms with Crippen LogP contribution >= 0.6 is 39.1 Å². The molecule has 0 saturated carbocycles. The van der Waals surface area contributed by atoms with Crippen molar-refractivity contribution >= 4 is 45.0 Å². The zero-order valence-electron chi connectivity index (χ0n) is 9.55. The van der Waals surface area contributed by atoms with Crippen molar-refractivity contribution in [2.24, 2.45) is 0 Å². The Morgan fingerprint density at radius 2 is 2.12 bits per heavy atom. The minimum absolute atomic E-state index is 0.0686. The van der Waals surface area contributed by atoms with Crippen molar-refractivity contribution < 1.29 is 4.79 Å². The number of halogens is 3. The summed E-state index contributed by atoms with van der Waals surface area (Å²) in [6, 6.07) is 4.94. The zero-order valence-corrected chi connectivity index (χ0v) is 12.6. The van der Waals surface area contributed by atoms with Crippen molar-refractivity contribution in [1.82, 2.24) is 4.90 Å². The Bertz CT molecular complexity index is 398. The van der Waals surface area contributed by atoms with Gasteiger partial charge in [0.2, 0.25) is 0 Å². The van der Waals surface area contributed by atoms with Crippen LogP contribution in [-0.4, -0.2) is 29.2 Å². The van der Waals surface area contributed by atoms with E-state index in [-0.39, 0.29) is 5.91 Å². The van der Waals surface area contributed by atoms with Gasteiger partial charge in [-0.05, 0) is 31.5 Å². The average molecular weight is 339 g/mol. The molecular weight excluding hydrogens is 325 g/mol. The molecule has 5 heteroatoms. The molecule has 0 spiro atoms. The van der Waals surface area contributed by atoms with E-state index in [4.69, 9.17) is 23.2 Å². The van der Waals surface area contributed by atoms with Gasteiger partial charge in [-0.3, -0.25) is 4.79 Å². The van der Waals surface area contributed by atoms with E-state index in [1.54, 1.807) is 23.1 Å². The number of rotatable bonds is 5. The Labute approximate surface area is 120 Å². The lowest BCUT2D eigenvalue weighted by Crippen LogP contribution is -2.32.